The maximum atomic E-state index is 11.9. The van der Waals surface area contributed by atoms with E-state index in [1.807, 2.05) is 18.2 Å². The van der Waals surface area contributed by atoms with E-state index in [4.69, 9.17) is 4.74 Å². The van der Waals surface area contributed by atoms with Crippen molar-refractivity contribution in [2.24, 2.45) is 0 Å². The Kier molecular flexibility index (Phi) is 5.14. The molecule has 0 aliphatic rings. The van der Waals surface area contributed by atoms with Crippen LogP contribution in [0.4, 0.5) is 11.4 Å². The molecular formula is C17H18N2O3. The van der Waals surface area contributed by atoms with Crippen molar-refractivity contribution in [1.82, 2.24) is 0 Å². The number of amides is 2. The lowest BCUT2D eigenvalue weighted by molar-refractivity contribution is -0.118. The van der Waals surface area contributed by atoms with Crippen molar-refractivity contribution in [2.45, 2.75) is 6.92 Å². The number of nitrogens with one attached hydrogen (secondary N) is 1. The van der Waals surface area contributed by atoms with E-state index in [9.17, 15) is 9.59 Å². The first-order valence-corrected chi connectivity index (χ1v) is 6.88. The lowest BCUT2D eigenvalue weighted by atomic mass is 10.2. The molecule has 5 heteroatoms. The lowest BCUT2D eigenvalue weighted by Crippen LogP contribution is -2.23. The SMILES string of the molecule is CC(=O)N(C)c1cccc(NC(=O)COc2ccccc2)c1. The fourth-order valence-electron chi connectivity index (χ4n) is 1.84. The number of hydrogen-bond donors (Lipinski definition) is 1. The Morgan fingerprint density at radius 3 is 2.50 bits per heavy atom. The Hall–Kier alpha value is -2.82. The molecule has 0 radical (unpaired) electrons. The van der Waals surface area contributed by atoms with Gasteiger partial charge in [-0.15, -0.1) is 0 Å². The van der Waals surface area contributed by atoms with Crippen LogP contribution in [0.2, 0.25) is 0 Å². The third kappa shape index (κ3) is 4.34. The first-order chi connectivity index (χ1) is 10.6. The molecule has 0 saturated carbocycles. The van der Waals surface area contributed by atoms with Crippen molar-refractivity contribution >= 4 is 23.2 Å². The zero-order valence-electron chi connectivity index (χ0n) is 12.6. The van der Waals surface area contributed by atoms with E-state index in [0.29, 0.717) is 17.1 Å². The number of anilines is 2. The number of carbonyl (C=O) groups excluding carboxylic acids is 2. The summed E-state index contributed by atoms with van der Waals surface area (Å²) in [4.78, 5) is 24.7. The van der Waals surface area contributed by atoms with E-state index >= 15 is 0 Å². The number of para-hydroxylation sites is 1. The molecule has 0 aliphatic heterocycles. The largest absolute Gasteiger partial charge is 0.484 e. The van der Waals surface area contributed by atoms with E-state index in [0.717, 1.165) is 0 Å². The van der Waals surface area contributed by atoms with Gasteiger partial charge in [0.15, 0.2) is 6.61 Å². The monoisotopic (exact) mass is 298 g/mol. The van der Waals surface area contributed by atoms with Crippen LogP contribution in [0.5, 0.6) is 5.75 Å². The van der Waals surface area contributed by atoms with Gasteiger partial charge in [-0.05, 0) is 30.3 Å². The minimum atomic E-state index is -0.258. The van der Waals surface area contributed by atoms with Crippen LogP contribution in [0.15, 0.2) is 54.6 Å². The van der Waals surface area contributed by atoms with E-state index < -0.39 is 0 Å². The molecule has 0 unspecified atom stereocenters. The zero-order valence-corrected chi connectivity index (χ0v) is 12.6. The molecular weight excluding hydrogens is 280 g/mol. The van der Waals surface area contributed by atoms with E-state index in [1.165, 1.54) is 11.8 Å². The van der Waals surface area contributed by atoms with Gasteiger partial charge in [-0.3, -0.25) is 9.59 Å². The molecule has 114 valence electrons. The second-order valence-corrected chi connectivity index (χ2v) is 4.78. The molecule has 0 saturated heterocycles. The van der Waals surface area contributed by atoms with Crippen LogP contribution in [-0.4, -0.2) is 25.5 Å². The van der Waals surface area contributed by atoms with Crippen molar-refractivity contribution in [3.8, 4) is 5.75 Å². The van der Waals surface area contributed by atoms with Crippen LogP contribution < -0.4 is 15.0 Å². The van der Waals surface area contributed by atoms with Crippen LogP contribution >= 0.6 is 0 Å². The molecule has 0 bridgehead atoms. The third-order valence-corrected chi connectivity index (χ3v) is 3.10. The summed E-state index contributed by atoms with van der Waals surface area (Å²) < 4.78 is 5.38. The van der Waals surface area contributed by atoms with Crippen LogP contribution in [0.3, 0.4) is 0 Å². The van der Waals surface area contributed by atoms with Gasteiger partial charge in [0, 0.05) is 25.3 Å². The van der Waals surface area contributed by atoms with Gasteiger partial charge >= 0.3 is 0 Å². The smallest absolute Gasteiger partial charge is 0.262 e. The van der Waals surface area contributed by atoms with Gasteiger partial charge in [-0.25, -0.2) is 0 Å². The fourth-order valence-corrected chi connectivity index (χ4v) is 1.84. The van der Waals surface area contributed by atoms with Gasteiger partial charge in [0.05, 0.1) is 0 Å². The Morgan fingerprint density at radius 1 is 1.09 bits per heavy atom. The summed E-state index contributed by atoms with van der Waals surface area (Å²) in [5.41, 5.74) is 1.33. The normalized spacial score (nSPS) is 9.91. The summed E-state index contributed by atoms with van der Waals surface area (Å²) in [6.07, 6.45) is 0. The minimum Gasteiger partial charge on any atom is -0.484 e. The molecule has 0 heterocycles. The van der Waals surface area contributed by atoms with E-state index in [1.54, 1.807) is 43.4 Å². The summed E-state index contributed by atoms with van der Waals surface area (Å²) in [6.45, 7) is 1.41. The number of nitrogens with zero attached hydrogens (tertiary/aromatic N) is 1. The molecule has 0 atom stereocenters. The summed E-state index contributed by atoms with van der Waals surface area (Å²) in [6, 6.07) is 16.2. The molecule has 0 spiro atoms. The fraction of sp³-hybridized carbons (Fsp3) is 0.176. The molecule has 2 aromatic rings. The number of benzene rings is 2. The number of ether oxygens (including phenoxy) is 1. The first kappa shape index (κ1) is 15.6. The average Bonchev–Trinajstić information content (AvgIpc) is 2.53. The van der Waals surface area contributed by atoms with Crippen LogP contribution in [0.25, 0.3) is 0 Å². The maximum absolute atomic E-state index is 11.9. The highest BCUT2D eigenvalue weighted by atomic mass is 16.5. The van der Waals surface area contributed by atoms with Gasteiger partial charge in [-0.2, -0.15) is 0 Å². The van der Waals surface area contributed by atoms with Crippen molar-refractivity contribution in [2.75, 3.05) is 23.9 Å². The molecule has 22 heavy (non-hydrogen) atoms. The van der Waals surface area contributed by atoms with Crippen molar-refractivity contribution in [3.05, 3.63) is 54.6 Å². The lowest BCUT2D eigenvalue weighted by Gasteiger charge is -2.16. The van der Waals surface area contributed by atoms with E-state index in [-0.39, 0.29) is 18.4 Å². The standard InChI is InChI=1S/C17H18N2O3/c1-13(20)19(2)15-8-6-7-14(11-15)18-17(21)12-22-16-9-4-3-5-10-16/h3-11H,12H2,1-2H3,(H,18,21). The predicted molar refractivity (Wildman–Crippen MR) is 86.1 cm³/mol. The zero-order chi connectivity index (χ0) is 15.9. The van der Waals surface area contributed by atoms with Crippen LogP contribution in [0.1, 0.15) is 6.92 Å². The predicted octanol–water partition coefficient (Wildman–Crippen LogP) is 2.69. The Labute approximate surface area is 129 Å². The average molecular weight is 298 g/mol. The summed E-state index contributed by atoms with van der Waals surface area (Å²) in [7, 11) is 1.68. The summed E-state index contributed by atoms with van der Waals surface area (Å²) in [5.74, 6) is 0.310. The summed E-state index contributed by atoms with van der Waals surface area (Å²) >= 11 is 0. The maximum Gasteiger partial charge on any atom is 0.262 e. The van der Waals surface area contributed by atoms with Crippen molar-refractivity contribution < 1.29 is 14.3 Å². The molecule has 0 aromatic heterocycles. The number of rotatable bonds is 5. The Bertz CT molecular complexity index is 656. The molecule has 0 aliphatic carbocycles. The highest BCUT2D eigenvalue weighted by molar-refractivity contribution is 5.94. The second kappa shape index (κ2) is 7.26. The molecule has 2 amide bonds. The second-order valence-electron chi connectivity index (χ2n) is 4.78. The van der Waals surface area contributed by atoms with Gasteiger partial charge < -0.3 is 15.0 Å². The van der Waals surface area contributed by atoms with Crippen LogP contribution in [0, 0.1) is 0 Å². The van der Waals surface area contributed by atoms with E-state index in [2.05, 4.69) is 5.32 Å². The van der Waals surface area contributed by atoms with Gasteiger partial charge in [0.1, 0.15) is 5.75 Å². The van der Waals surface area contributed by atoms with Gasteiger partial charge in [-0.1, -0.05) is 24.3 Å². The molecule has 2 rings (SSSR count). The third-order valence-electron chi connectivity index (χ3n) is 3.10. The summed E-state index contributed by atoms with van der Waals surface area (Å²) in [5, 5.41) is 2.74. The van der Waals surface area contributed by atoms with Gasteiger partial charge in [0.2, 0.25) is 5.91 Å². The van der Waals surface area contributed by atoms with Crippen molar-refractivity contribution in [1.29, 1.82) is 0 Å². The molecule has 1 N–H and O–H groups in total. The minimum absolute atomic E-state index is 0.0726. The van der Waals surface area contributed by atoms with Gasteiger partial charge in [0.25, 0.3) is 5.91 Å². The number of hydrogen-bond acceptors (Lipinski definition) is 3. The highest BCUT2D eigenvalue weighted by Gasteiger charge is 2.08. The topological polar surface area (TPSA) is 58.6 Å². The Morgan fingerprint density at radius 2 is 1.82 bits per heavy atom. The van der Waals surface area contributed by atoms with Crippen LogP contribution in [-0.2, 0) is 9.59 Å². The molecule has 5 nitrogen and oxygen atoms in total. The first-order valence-electron chi connectivity index (χ1n) is 6.88. The highest BCUT2D eigenvalue weighted by Crippen LogP contribution is 2.18. The quantitative estimate of drug-likeness (QED) is 0.923. The molecule has 2 aromatic carbocycles. The molecule has 0 fully saturated rings. The Balaban J connectivity index is 1.94. The number of carbonyl (C=O) groups is 2. The van der Waals surface area contributed by atoms with Crippen molar-refractivity contribution in [3.63, 3.8) is 0 Å².